The number of nitrogens with one attached hydrogen (secondary N) is 1. The van der Waals surface area contributed by atoms with Crippen molar-refractivity contribution in [2.45, 2.75) is 19.9 Å². The lowest BCUT2D eigenvalue weighted by Gasteiger charge is -2.16. The van der Waals surface area contributed by atoms with Gasteiger partial charge in [-0.15, -0.1) is 11.3 Å². The first kappa shape index (κ1) is 19.6. The van der Waals surface area contributed by atoms with Gasteiger partial charge >= 0.3 is 0 Å². The van der Waals surface area contributed by atoms with E-state index in [-0.39, 0.29) is 5.91 Å². The van der Waals surface area contributed by atoms with E-state index < -0.39 is 11.6 Å². The number of methoxy groups -OCH3 is 2. The summed E-state index contributed by atoms with van der Waals surface area (Å²) in [7, 11) is 3.05. The van der Waals surface area contributed by atoms with Crippen LogP contribution in [0.15, 0.2) is 41.3 Å². The summed E-state index contributed by atoms with van der Waals surface area (Å²) in [6.07, 6.45) is 1.67. The fraction of sp³-hybridized carbons (Fsp3) is 0.263. The highest BCUT2D eigenvalue weighted by molar-refractivity contribution is 7.15. The van der Waals surface area contributed by atoms with Gasteiger partial charge < -0.3 is 14.8 Å². The topological polar surface area (TPSA) is 95.3 Å². The highest BCUT2D eigenvalue weighted by atomic mass is 32.1. The molecule has 2 aromatic heterocycles. The molecule has 0 fully saturated rings. The molecule has 3 aromatic rings. The van der Waals surface area contributed by atoms with Crippen molar-refractivity contribution in [2.75, 3.05) is 19.5 Å². The zero-order valence-electron chi connectivity index (χ0n) is 15.9. The molecule has 8 nitrogen and oxygen atoms in total. The Balaban J connectivity index is 1.96. The van der Waals surface area contributed by atoms with Crippen LogP contribution in [0.2, 0.25) is 0 Å². The number of hydrogen-bond acceptors (Lipinski definition) is 7. The molecule has 1 amide bonds. The van der Waals surface area contributed by atoms with Crippen molar-refractivity contribution in [1.82, 2.24) is 14.8 Å². The van der Waals surface area contributed by atoms with Gasteiger partial charge in [0.2, 0.25) is 0 Å². The first-order chi connectivity index (χ1) is 13.4. The standard InChI is InChI=1S/C19H20N4O4S/c1-11-10-20-19(28-11)21-18(25)12(2)23-16(24)9-15(27-4)17(22-23)13-5-7-14(26-3)8-6-13/h5-10,12H,1-4H3,(H,20,21,25)/t12-/m1/s1. The molecule has 3 rings (SSSR count). The van der Waals surface area contributed by atoms with Crippen LogP contribution >= 0.6 is 11.3 Å². The summed E-state index contributed by atoms with van der Waals surface area (Å²) >= 11 is 1.36. The molecule has 1 aromatic carbocycles. The van der Waals surface area contributed by atoms with E-state index in [1.807, 2.05) is 19.1 Å². The summed E-state index contributed by atoms with van der Waals surface area (Å²) in [5.74, 6) is 0.645. The third kappa shape index (κ3) is 4.04. The van der Waals surface area contributed by atoms with Crippen molar-refractivity contribution in [2.24, 2.45) is 0 Å². The molecule has 0 spiro atoms. The molecule has 0 unspecified atom stereocenters. The van der Waals surface area contributed by atoms with Crippen molar-refractivity contribution in [1.29, 1.82) is 0 Å². The molecule has 0 saturated heterocycles. The van der Waals surface area contributed by atoms with Crippen LogP contribution in [0, 0.1) is 6.92 Å². The van der Waals surface area contributed by atoms with Gasteiger partial charge in [0.25, 0.3) is 11.5 Å². The molecule has 0 aliphatic heterocycles. The smallest absolute Gasteiger partial charge is 0.271 e. The van der Waals surface area contributed by atoms with Crippen LogP contribution in [0.25, 0.3) is 11.3 Å². The molecule has 9 heteroatoms. The number of ether oxygens (including phenoxy) is 2. The number of aromatic nitrogens is 3. The summed E-state index contributed by atoms with van der Waals surface area (Å²) in [6, 6.07) is 7.67. The van der Waals surface area contributed by atoms with Crippen molar-refractivity contribution in [3.63, 3.8) is 0 Å². The number of carbonyl (C=O) groups excluding carboxylic acids is 1. The Morgan fingerprint density at radius 2 is 1.93 bits per heavy atom. The minimum Gasteiger partial charge on any atom is -0.497 e. The van der Waals surface area contributed by atoms with E-state index in [1.54, 1.807) is 32.4 Å². The van der Waals surface area contributed by atoms with E-state index in [1.165, 1.54) is 24.5 Å². The molecule has 28 heavy (non-hydrogen) atoms. The minimum atomic E-state index is -0.834. The minimum absolute atomic E-state index is 0.328. The quantitative estimate of drug-likeness (QED) is 0.684. The van der Waals surface area contributed by atoms with Crippen LogP contribution in [-0.2, 0) is 4.79 Å². The lowest BCUT2D eigenvalue weighted by molar-refractivity contribution is -0.119. The maximum Gasteiger partial charge on any atom is 0.271 e. The van der Waals surface area contributed by atoms with Crippen LogP contribution in [0.1, 0.15) is 17.8 Å². The maximum absolute atomic E-state index is 12.6. The van der Waals surface area contributed by atoms with Crippen molar-refractivity contribution >= 4 is 22.4 Å². The molecule has 0 saturated carbocycles. The van der Waals surface area contributed by atoms with Crippen LogP contribution in [0.5, 0.6) is 11.5 Å². The normalized spacial score (nSPS) is 11.7. The number of hydrogen-bond donors (Lipinski definition) is 1. The van der Waals surface area contributed by atoms with E-state index >= 15 is 0 Å². The number of carbonyl (C=O) groups is 1. The lowest BCUT2D eigenvalue weighted by atomic mass is 10.1. The van der Waals surface area contributed by atoms with E-state index in [9.17, 15) is 9.59 Å². The number of rotatable bonds is 6. The number of thiazole rings is 1. The van der Waals surface area contributed by atoms with Gasteiger partial charge in [0.1, 0.15) is 17.5 Å². The Kier molecular flexibility index (Phi) is 5.74. The predicted octanol–water partition coefficient (Wildman–Crippen LogP) is 2.89. The molecule has 146 valence electrons. The first-order valence-electron chi connectivity index (χ1n) is 8.48. The predicted molar refractivity (Wildman–Crippen MR) is 107 cm³/mol. The Bertz CT molecular complexity index is 1040. The molecular weight excluding hydrogens is 380 g/mol. The van der Waals surface area contributed by atoms with Crippen molar-refractivity contribution in [3.8, 4) is 22.8 Å². The second kappa shape index (κ2) is 8.22. The molecule has 1 N–H and O–H groups in total. The fourth-order valence-electron chi connectivity index (χ4n) is 2.57. The Hall–Kier alpha value is -3.20. The van der Waals surface area contributed by atoms with Crippen LogP contribution < -0.4 is 20.3 Å². The molecule has 0 radical (unpaired) electrons. The number of amides is 1. The van der Waals surface area contributed by atoms with E-state index in [0.29, 0.717) is 22.3 Å². The lowest BCUT2D eigenvalue weighted by Crippen LogP contribution is -2.33. The average Bonchev–Trinajstić information content (AvgIpc) is 3.11. The average molecular weight is 400 g/mol. The van der Waals surface area contributed by atoms with Crippen molar-refractivity contribution in [3.05, 3.63) is 51.8 Å². The third-order valence-corrected chi connectivity index (χ3v) is 4.93. The van der Waals surface area contributed by atoms with Gasteiger partial charge in [-0.05, 0) is 38.1 Å². The number of aryl methyl sites for hydroxylation is 1. The Labute approximate surface area is 165 Å². The van der Waals surface area contributed by atoms with Crippen LogP contribution in [0.4, 0.5) is 5.13 Å². The van der Waals surface area contributed by atoms with Crippen LogP contribution in [-0.4, -0.2) is 34.9 Å². The highest BCUT2D eigenvalue weighted by Gasteiger charge is 2.21. The largest absolute Gasteiger partial charge is 0.497 e. The zero-order chi connectivity index (χ0) is 20.3. The van der Waals surface area contributed by atoms with E-state index in [4.69, 9.17) is 9.47 Å². The summed E-state index contributed by atoms with van der Waals surface area (Å²) in [5.41, 5.74) is 0.746. The molecule has 0 aliphatic rings. The van der Waals surface area contributed by atoms with Gasteiger partial charge in [-0.2, -0.15) is 5.10 Å². The van der Waals surface area contributed by atoms with Gasteiger partial charge in [0.05, 0.1) is 14.2 Å². The highest BCUT2D eigenvalue weighted by Crippen LogP contribution is 2.28. The molecule has 0 aliphatic carbocycles. The SMILES string of the molecule is COc1ccc(-c2nn([C@H](C)C(=O)Nc3ncc(C)s3)c(=O)cc2OC)cc1. The van der Waals surface area contributed by atoms with Gasteiger partial charge in [0.15, 0.2) is 10.9 Å². The molecular formula is C19H20N4O4S. The fourth-order valence-corrected chi connectivity index (χ4v) is 3.24. The monoisotopic (exact) mass is 400 g/mol. The summed E-state index contributed by atoms with van der Waals surface area (Å²) < 4.78 is 11.6. The Morgan fingerprint density at radius 3 is 2.50 bits per heavy atom. The summed E-state index contributed by atoms with van der Waals surface area (Å²) in [5, 5.41) is 7.59. The second-order valence-corrected chi connectivity index (χ2v) is 7.25. The summed E-state index contributed by atoms with van der Waals surface area (Å²) in [6.45, 7) is 3.50. The third-order valence-electron chi connectivity index (χ3n) is 4.10. The van der Waals surface area contributed by atoms with E-state index in [2.05, 4.69) is 15.4 Å². The van der Waals surface area contributed by atoms with Gasteiger partial charge in [-0.3, -0.25) is 9.59 Å². The molecule has 1 atom stereocenters. The number of anilines is 1. The number of benzene rings is 1. The Morgan fingerprint density at radius 1 is 1.21 bits per heavy atom. The summed E-state index contributed by atoms with van der Waals surface area (Å²) in [4.78, 5) is 30.1. The molecule has 0 bridgehead atoms. The van der Waals surface area contributed by atoms with Gasteiger partial charge in [-0.25, -0.2) is 9.67 Å². The zero-order valence-corrected chi connectivity index (χ0v) is 16.7. The van der Waals surface area contributed by atoms with E-state index in [0.717, 1.165) is 15.1 Å². The van der Waals surface area contributed by atoms with Crippen molar-refractivity contribution < 1.29 is 14.3 Å². The molecule has 2 heterocycles. The van der Waals surface area contributed by atoms with Gasteiger partial charge in [0, 0.05) is 22.7 Å². The van der Waals surface area contributed by atoms with Gasteiger partial charge in [-0.1, -0.05) is 0 Å². The second-order valence-electron chi connectivity index (χ2n) is 6.01. The number of nitrogens with zero attached hydrogens (tertiary/aromatic N) is 3. The van der Waals surface area contributed by atoms with Crippen LogP contribution in [0.3, 0.4) is 0 Å². The maximum atomic E-state index is 12.6. The first-order valence-corrected chi connectivity index (χ1v) is 9.30.